The minimum Gasteiger partial charge on any atom is -0.387 e. The lowest BCUT2D eigenvalue weighted by Crippen LogP contribution is -2.05. The van der Waals surface area contributed by atoms with Crippen molar-refractivity contribution >= 4 is 11.6 Å². The van der Waals surface area contributed by atoms with E-state index in [0.29, 0.717) is 5.56 Å². The number of aliphatic hydroxyl groups excluding tert-OH is 1. The molecule has 1 N–H and O–H groups in total. The third-order valence-electron chi connectivity index (χ3n) is 1.77. The monoisotopic (exact) mass is 224 g/mol. The normalized spacial score (nSPS) is 14.1. The molecular weight excluding hydrogens is 217 g/mol. The van der Waals surface area contributed by atoms with E-state index in [9.17, 15) is 18.3 Å². The molecule has 1 rings (SSSR count). The van der Waals surface area contributed by atoms with Gasteiger partial charge in [0.2, 0.25) is 0 Å². The molecule has 0 aromatic heterocycles. The molecule has 0 bridgehead atoms. The Bertz CT molecular complexity index is 294. The van der Waals surface area contributed by atoms with Crippen molar-refractivity contribution in [2.75, 3.05) is 5.88 Å². The predicted molar refractivity (Wildman–Crippen MR) is 47.1 cm³/mol. The molecule has 0 aliphatic rings. The first-order chi connectivity index (χ1) is 6.45. The molecule has 0 saturated carbocycles. The van der Waals surface area contributed by atoms with E-state index in [1.165, 1.54) is 12.1 Å². The van der Waals surface area contributed by atoms with Gasteiger partial charge in [-0.25, -0.2) is 0 Å². The number of benzene rings is 1. The molecule has 0 saturated heterocycles. The van der Waals surface area contributed by atoms with E-state index >= 15 is 0 Å². The fourth-order valence-electron chi connectivity index (χ4n) is 0.983. The molecule has 5 heteroatoms. The van der Waals surface area contributed by atoms with Crippen LogP contribution in [0.4, 0.5) is 13.2 Å². The summed E-state index contributed by atoms with van der Waals surface area (Å²) in [5.74, 6) is -0.0363. The smallest absolute Gasteiger partial charge is 0.387 e. The summed E-state index contributed by atoms with van der Waals surface area (Å²) < 4.78 is 36.3. The molecular formula is C9H8ClF3O. The Balaban J connectivity index is 2.89. The first kappa shape index (κ1) is 11.3. The zero-order valence-electron chi connectivity index (χ0n) is 7.05. The van der Waals surface area contributed by atoms with Gasteiger partial charge in [-0.05, 0) is 17.7 Å². The quantitative estimate of drug-likeness (QED) is 0.766. The molecule has 1 aromatic carbocycles. The average molecular weight is 225 g/mol. The zero-order valence-corrected chi connectivity index (χ0v) is 7.81. The molecule has 14 heavy (non-hydrogen) atoms. The molecule has 1 atom stereocenters. The first-order valence-corrected chi connectivity index (χ1v) is 4.40. The summed E-state index contributed by atoms with van der Waals surface area (Å²) >= 11 is 5.34. The van der Waals surface area contributed by atoms with Crippen molar-refractivity contribution in [3.05, 3.63) is 35.4 Å². The van der Waals surface area contributed by atoms with Crippen molar-refractivity contribution in [3.63, 3.8) is 0 Å². The highest BCUT2D eigenvalue weighted by Crippen LogP contribution is 2.29. The van der Waals surface area contributed by atoms with E-state index in [2.05, 4.69) is 0 Å². The summed E-state index contributed by atoms with van der Waals surface area (Å²) in [5.41, 5.74) is -0.351. The van der Waals surface area contributed by atoms with Gasteiger partial charge in [-0.2, -0.15) is 13.2 Å². The summed E-state index contributed by atoms with van der Waals surface area (Å²) in [5, 5.41) is 9.21. The van der Waals surface area contributed by atoms with Crippen LogP contribution in [0.3, 0.4) is 0 Å². The second-order valence-electron chi connectivity index (χ2n) is 2.79. The number of halogens is 4. The summed E-state index contributed by atoms with van der Waals surface area (Å²) in [6, 6.07) is 4.28. The van der Waals surface area contributed by atoms with Gasteiger partial charge < -0.3 is 5.11 Å². The average Bonchev–Trinajstić information content (AvgIpc) is 2.15. The topological polar surface area (TPSA) is 20.2 Å². The molecule has 1 aromatic rings. The van der Waals surface area contributed by atoms with E-state index in [0.717, 1.165) is 12.1 Å². The SMILES string of the molecule is O[C@H](CCl)c1ccc(C(F)(F)F)cc1. The molecule has 1 nitrogen and oxygen atoms in total. The fraction of sp³-hybridized carbons (Fsp3) is 0.333. The molecule has 0 amide bonds. The maximum Gasteiger partial charge on any atom is 0.416 e. The minimum absolute atomic E-state index is 0.0363. The number of hydrogen-bond acceptors (Lipinski definition) is 1. The van der Waals surface area contributed by atoms with Crippen LogP contribution >= 0.6 is 11.6 Å². The maximum absolute atomic E-state index is 12.1. The molecule has 0 aliphatic heterocycles. The largest absolute Gasteiger partial charge is 0.416 e. The Labute approximate surface area is 84.1 Å². The summed E-state index contributed by atoms with van der Waals surface area (Å²) in [6.07, 6.45) is -5.26. The molecule has 0 spiro atoms. The van der Waals surface area contributed by atoms with Gasteiger partial charge in [0, 0.05) is 0 Å². The van der Waals surface area contributed by atoms with Gasteiger partial charge in [0.15, 0.2) is 0 Å². The highest BCUT2D eigenvalue weighted by molar-refractivity contribution is 6.18. The Kier molecular flexibility index (Phi) is 3.39. The third-order valence-corrected chi connectivity index (χ3v) is 2.06. The summed E-state index contributed by atoms with van der Waals surface area (Å²) in [6.45, 7) is 0. The van der Waals surface area contributed by atoms with Crippen LogP contribution in [0.2, 0.25) is 0 Å². The van der Waals surface area contributed by atoms with Gasteiger partial charge in [-0.15, -0.1) is 11.6 Å². The first-order valence-electron chi connectivity index (χ1n) is 3.86. The lowest BCUT2D eigenvalue weighted by Gasteiger charge is -2.09. The Morgan fingerprint density at radius 2 is 1.71 bits per heavy atom. The van der Waals surface area contributed by atoms with Crippen LogP contribution in [-0.4, -0.2) is 11.0 Å². The fourth-order valence-corrected chi connectivity index (χ4v) is 1.16. The third kappa shape index (κ3) is 2.62. The van der Waals surface area contributed by atoms with Crippen molar-refractivity contribution in [1.82, 2.24) is 0 Å². The molecule has 78 valence electrons. The van der Waals surface area contributed by atoms with Crippen molar-refractivity contribution in [1.29, 1.82) is 0 Å². The van der Waals surface area contributed by atoms with Crippen LogP contribution in [0, 0.1) is 0 Å². The Hall–Kier alpha value is -0.740. The van der Waals surface area contributed by atoms with E-state index in [4.69, 9.17) is 11.6 Å². The van der Waals surface area contributed by atoms with Gasteiger partial charge in [0.1, 0.15) is 0 Å². The lowest BCUT2D eigenvalue weighted by molar-refractivity contribution is -0.137. The standard InChI is InChI=1S/C9H8ClF3O/c10-5-8(14)6-1-3-7(4-2-6)9(11,12)13/h1-4,8,14H,5H2/t8-/m1/s1. The molecule has 0 fully saturated rings. The van der Waals surface area contributed by atoms with Crippen molar-refractivity contribution in [2.45, 2.75) is 12.3 Å². The van der Waals surface area contributed by atoms with Gasteiger partial charge in [0.25, 0.3) is 0 Å². The van der Waals surface area contributed by atoms with Crippen molar-refractivity contribution in [3.8, 4) is 0 Å². The van der Waals surface area contributed by atoms with Crippen LogP contribution in [0.5, 0.6) is 0 Å². The van der Waals surface area contributed by atoms with Gasteiger partial charge in [0.05, 0.1) is 17.5 Å². The van der Waals surface area contributed by atoms with Crippen LogP contribution in [-0.2, 0) is 6.18 Å². The van der Waals surface area contributed by atoms with E-state index in [-0.39, 0.29) is 5.88 Å². The van der Waals surface area contributed by atoms with E-state index in [1.54, 1.807) is 0 Å². The second kappa shape index (κ2) is 4.19. The maximum atomic E-state index is 12.1. The summed E-state index contributed by atoms with van der Waals surface area (Å²) in [7, 11) is 0. The number of hydrogen-bond donors (Lipinski definition) is 1. The van der Waals surface area contributed by atoms with E-state index < -0.39 is 17.8 Å². The van der Waals surface area contributed by atoms with Crippen LogP contribution in [0.15, 0.2) is 24.3 Å². The number of aliphatic hydroxyl groups is 1. The number of rotatable bonds is 2. The van der Waals surface area contributed by atoms with Gasteiger partial charge in [-0.3, -0.25) is 0 Å². The summed E-state index contributed by atoms with van der Waals surface area (Å²) in [4.78, 5) is 0. The predicted octanol–water partition coefficient (Wildman–Crippen LogP) is 2.98. The molecule has 0 heterocycles. The second-order valence-corrected chi connectivity index (χ2v) is 3.10. The Morgan fingerprint density at radius 3 is 2.07 bits per heavy atom. The van der Waals surface area contributed by atoms with Crippen molar-refractivity contribution < 1.29 is 18.3 Å². The zero-order chi connectivity index (χ0) is 10.8. The van der Waals surface area contributed by atoms with Gasteiger partial charge in [-0.1, -0.05) is 12.1 Å². The van der Waals surface area contributed by atoms with Crippen molar-refractivity contribution in [2.24, 2.45) is 0 Å². The molecule has 0 radical (unpaired) electrons. The molecule has 0 aliphatic carbocycles. The van der Waals surface area contributed by atoms with Crippen LogP contribution in [0.25, 0.3) is 0 Å². The van der Waals surface area contributed by atoms with E-state index in [1.807, 2.05) is 0 Å². The minimum atomic E-state index is -4.34. The lowest BCUT2D eigenvalue weighted by atomic mass is 10.1. The van der Waals surface area contributed by atoms with Gasteiger partial charge >= 0.3 is 6.18 Å². The van der Waals surface area contributed by atoms with Crippen LogP contribution < -0.4 is 0 Å². The molecule has 0 unspecified atom stereocenters. The van der Waals surface area contributed by atoms with Crippen LogP contribution in [0.1, 0.15) is 17.2 Å². The number of alkyl halides is 4. The highest BCUT2D eigenvalue weighted by Gasteiger charge is 2.30. The Morgan fingerprint density at radius 1 is 1.21 bits per heavy atom. The highest BCUT2D eigenvalue weighted by atomic mass is 35.5.